The molecule has 0 atom stereocenters. The second-order valence-electron chi connectivity index (χ2n) is 3.66. The first-order valence-electron chi connectivity index (χ1n) is 5.19. The van der Waals surface area contributed by atoms with E-state index in [2.05, 4.69) is 21.2 Å². The average Bonchev–Trinajstić information content (AvgIpc) is 2.34. The van der Waals surface area contributed by atoms with E-state index >= 15 is 0 Å². The van der Waals surface area contributed by atoms with E-state index in [0.717, 1.165) is 10.2 Å². The number of para-hydroxylation sites is 1. The maximum Gasteiger partial charge on any atom is 0.124 e. The summed E-state index contributed by atoms with van der Waals surface area (Å²) in [5.74, 6) is -0.365. The van der Waals surface area contributed by atoms with Crippen molar-refractivity contribution in [2.75, 3.05) is 5.32 Å². The number of rotatable bonds is 3. The fourth-order valence-electron chi connectivity index (χ4n) is 1.54. The minimum absolute atomic E-state index is 0.157. The lowest BCUT2D eigenvalue weighted by atomic mass is 10.1. The molecule has 0 aliphatic carbocycles. The average molecular weight is 325 g/mol. The second kappa shape index (κ2) is 5.46. The van der Waals surface area contributed by atoms with Crippen molar-refractivity contribution in [1.82, 2.24) is 0 Å². The maximum absolute atomic E-state index is 13.2. The van der Waals surface area contributed by atoms with Crippen LogP contribution in [0.5, 0.6) is 0 Å². The molecule has 2 aromatic rings. The SMILES string of the molecule is NC(=S)c1cc(F)ccc1Nc1ccccc1Br. The minimum Gasteiger partial charge on any atom is -0.389 e. The number of nitrogens with two attached hydrogens (primary N) is 1. The number of benzene rings is 2. The Morgan fingerprint density at radius 2 is 1.89 bits per heavy atom. The maximum atomic E-state index is 13.2. The van der Waals surface area contributed by atoms with E-state index in [1.54, 1.807) is 6.07 Å². The van der Waals surface area contributed by atoms with Crippen molar-refractivity contribution in [3.8, 4) is 0 Å². The lowest BCUT2D eigenvalue weighted by Gasteiger charge is -2.12. The quantitative estimate of drug-likeness (QED) is 0.839. The smallest absolute Gasteiger partial charge is 0.124 e. The zero-order chi connectivity index (χ0) is 13.1. The van der Waals surface area contributed by atoms with Gasteiger partial charge in [0, 0.05) is 15.7 Å². The monoisotopic (exact) mass is 324 g/mol. The summed E-state index contributed by atoms with van der Waals surface area (Å²) in [7, 11) is 0. The number of nitrogens with one attached hydrogen (secondary N) is 1. The Bertz CT molecular complexity index is 601. The first kappa shape index (κ1) is 13.0. The largest absolute Gasteiger partial charge is 0.389 e. The summed E-state index contributed by atoms with van der Waals surface area (Å²) < 4.78 is 14.1. The van der Waals surface area contributed by atoms with Crippen molar-refractivity contribution in [2.24, 2.45) is 5.73 Å². The van der Waals surface area contributed by atoms with E-state index in [0.29, 0.717) is 11.3 Å². The molecule has 2 rings (SSSR count). The fourth-order valence-corrected chi connectivity index (χ4v) is 2.09. The molecule has 0 radical (unpaired) electrons. The van der Waals surface area contributed by atoms with Gasteiger partial charge in [0.05, 0.1) is 5.69 Å². The van der Waals surface area contributed by atoms with Crippen LogP contribution < -0.4 is 11.1 Å². The molecule has 2 aromatic carbocycles. The van der Waals surface area contributed by atoms with E-state index in [-0.39, 0.29) is 10.8 Å². The highest BCUT2D eigenvalue weighted by Crippen LogP contribution is 2.27. The van der Waals surface area contributed by atoms with Gasteiger partial charge in [-0.1, -0.05) is 24.4 Å². The molecule has 0 heterocycles. The van der Waals surface area contributed by atoms with Crippen LogP contribution in [0.4, 0.5) is 15.8 Å². The van der Waals surface area contributed by atoms with Gasteiger partial charge in [0.15, 0.2) is 0 Å². The van der Waals surface area contributed by atoms with E-state index in [1.165, 1.54) is 12.1 Å². The molecule has 0 aliphatic rings. The van der Waals surface area contributed by atoms with Crippen LogP contribution in [0.2, 0.25) is 0 Å². The van der Waals surface area contributed by atoms with Gasteiger partial charge in [-0.25, -0.2) is 4.39 Å². The van der Waals surface area contributed by atoms with Crippen LogP contribution in [0.15, 0.2) is 46.9 Å². The summed E-state index contributed by atoms with van der Waals surface area (Å²) in [6, 6.07) is 11.9. The Labute approximate surface area is 118 Å². The number of hydrogen-bond acceptors (Lipinski definition) is 2. The third-order valence-electron chi connectivity index (χ3n) is 2.39. The Morgan fingerprint density at radius 3 is 2.56 bits per heavy atom. The molecular weight excluding hydrogens is 315 g/mol. The molecule has 3 N–H and O–H groups in total. The van der Waals surface area contributed by atoms with Crippen molar-refractivity contribution in [3.05, 3.63) is 58.3 Å². The van der Waals surface area contributed by atoms with E-state index in [4.69, 9.17) is 18.0 Å². The molecule has 2 nitrogen and oxygen atoms in total. The predicted molar refractivity (Wildman–Crippen MR) is 79.7 cm³/mol. The van der Waals surface area contributed by atoms with Gasteiger partial charge in [0.1, 0.15) is 10.8 Å². The van der Waals surface area contributed by atoms with Gasteiger partial charge < -0.3 is 11.1 Å². The zero-order valence-corrected chi connectivity index (χ0v) is 11.7. The molecule has 0 aliphatic heterocycles. The first-order valence-corrected chi connectivity index (χ1v) is 6.39. The van der Waals surface area contributed by atoms with Crippen molar-refractivity contribution < 1.29 is 4.39 Å². The van der Waals surface area contributed by atoms with Crippen LogP contribution >= 0.6 is 28.1 Å². The number of thiocarbonyl (C=S) groups is 1. The third kappa shape index (κ3) is 2.86. The summed E-state index contributed by atoms with van der Waals surface area (Å²) in [4.78, 5) is 0.157. The number of anilines is 2. The molecule has 0 unspecified atom stereocenters. The highest BCUT2D eigenvalue weighted by molar-refractivity contribution is 9.10. The Kier molecular flexibility index (Phi) is 3.93. The standard InChI is InChI=1S/C13H10BrFN2S/c14-10-3-1-2-4-12(10)17-11-6-5-8(15)7-9(11)13(16)18/h1-7,17H,(H2,16,18). The van der Waals surface area contributed by atoms with Crippen LogP contribution in [0.3, 0.4) is 0 Å². The molecule has 0 fully saturated rings. The van der Waals surface area contributed by atoms with Crippen molar-refractivity contribution in [3.63, 3.8) is 0 Å². The van der Waals surface area contributed by atoms with Gasteiger partial charge in [-0.05, 0) is 46.3 Å². The molecule has 5 heteroatoms. The van der Waals surface area contributed by atoms with Crippen LogP contribution in [0.25, 0.3) is 0 Å². The second-order valence-corrected chi connectivity index (χ2v) is 4.95. The van der Waals surface area contributed by atoms with E-state index in [1.807, 2.05) is 24.3 Å². The molecule has 18 heavy (non-hydrogen) atoms. The molecule has 0 bridgehead atoms. The molecular formula is C13H10BrFN2S. The highest BCUT2D eigenvalue weighted by atomic mass is 79.9. The van der Waals surface area contributed by atoms with Gasteiger partial charge in [-0.2, -0.15) is 0 Å². The van der Waals surface area contributed by atoms with Gasteiger partial charge in [0.2, 0.25) is 0 Å². The normalized spacial score (nSPS) is 10.1. The summed E-state index contributed by atoms with van der Waals surface area (Å²) in [5, 5.41) is 3.17. The molecule has 92 valence electrons. The van der Waals surface area contributed by atoms with E-state index in [9.17, 15) is 4.39 Å². The van der Waals surface area contributed by atoms with Crippen LogP contribution in [-0.4, -0.2) is 4.99 Å². The minimum atomic E-state index is -0.365. The highest BCUT2D eigenvalue weighted by Gasteiger charge is 2.08. The Morgan fingerprint density at radius 1 is 1.17 bits per heavy atom. The summed E-state index contributed by atoms with van der Waals surface area (Å²) in [6.45, 7) is 0. The number of halogens is 2. The molecule has 0 saturated heterocycles. The van der Waals surface area contributed by atoms with Gasteiger partial charge in [-0.15, -0.1) is 0 Å². The van der Waals surface area contributed by atoms with Crippen molar-refractivity contribution in [1.29, 1.82) is 0 Å². The van der Waals surface area contributed by atoms with Crippen LogP contribution in [0, 0.1) is 5.82 Å². The van der Waals surface area contributed by atoms with Gasteiger partial charge in [0.25, 0.3) is 0 Å². The molecule has 0 saturated carbocycles. The molecule has 0 spiro atoms. The third-order valence-corrected chi connectivity index (χ3v) is 3.30. The van der Waals surface area contributed by atoms with Crippen LogP contribution in [0.1, 0.15) is 5.56 Å². The predicted octanol–water partition coefficient (Wildman–Crippen LogP) is 3.97. The first-order chi connectivity index (χ1) is 8.58. The summed E-state index contributed by atoms with van der Waals surface area (Å²) in [5.41, 5.74) is 7.61. The summed E-state index contributed by atoms with van der Waals surface area (Å²) >= 11 is 8.35. The van der Waals surface area contributed by atoms with Gasteiger partial charge in [-0.3, -0.25) is 0 Å². The molecule has 0 aromatic heterocycles. The van der Waals surface area contributed by atoms with Crippen LogP contribution in [-0.2, 0) is 0 Å². The zero-order valence-electron chi connectivity index (χ0n) is 9.28. The Balaban J connectivity index is 2.41. The van der Waals surface area contributed by atoms with Gasteiger partial charge >= 0.3 is 0 Å². The summed E-state index contributed by atoms with van der Waals surface area (Å²) in [6.07, 6.45) is 0. The van der Waals surface area contributed by atoms with Crippen molar-refractivity contribution in [2.45, 2.75) is 0 Å². The number of hydrogen-bond donors (Lipinski definition) is 2. The Hall–Kier alpha value is -1.46. The lowest BCUT2D eigenvalue weighted by molar-refractivity contribution is 0.628. The van der Waals surface area contributed by atoms with E-state index < -0.39 is 0 Å². The lowest BCUT2D eigenvalue weighted by Crippen LogP contribution is -2.12. The fraction of sp³-hybridized carbons (Fsp3) is 0. The molecule has 0 amide bonds. The van der Waals surface area contributed by atoms with Crippen molar-refractivity contribution >= 4 is 44.5 Å². The topological polar surface area (TPSA) is 38.0 Å².